The fourth-order valence-corrected chi connectivity index (χ4v) is 2.77. The van der Waals surface area contributed by atoms with Crippen molar-refractivity contribution in [1.82, 2.24) is 0 Å². The number of nitrogens with two attached hydrogens (primary N) is 2. The van der Waals surface area contributed by atoms with E-state index in [-0.39, 0.29) is 0 Å². The number of carbonyl (C=O) groups excluding carboxylic acids is 1. The van der Waals surface area contributed by atoms with E-state index in [4.69, 9.17) is 11.5 Å². The van der Waals surface area contributed by atoms with Crippen molar-refractivity contribution in [3.8, 4) is 0 Å². The summed E-state index contributed by atoms with van der Waals surface area (Å²) < 4.78 is 0. The Hall–Kier alpha value is -1.75. The van der Waals surface area contributed by atoms with Gasteiger partial charge in [0.05, 0.1) is 17.0 Å². The molecule has 0 unspecified atom stereocenters. The molecule has 0 heterocycles. The number of likely N-dealkylation sites (N-methyl/N-ethyl adjacent to an activating group) is 1. The van der Waals surface area contributed by atoms with E-state index in [0.29, 0.717) is 17.8 Å². The highest BCUT2D eigenvalue weighted by Crippen LogP contribution is 2.32. The average Bonchev–Trinajstić information content (AvgIpc) is 2.75. The Kier molecular flexibility index (Phi) is 3.66. The van der Waals surface area contributed by atoms with Crippen molar-refractivity contribution in [1.29, 1.82) is 0 Å². The first kappa shape index (κ1) is 13.7. The summed E-state index contributed by atoms with van der Waals surface area (Å²) in [4.78, 5) is 13.0. The largest absolute Gasteiger partial charge is 0.397 e. The Labute approximate surface area is 113 Å². The number of hydrogen-bond donors (Lipinski definition) is 3. The lowest BCUT2D eigenvalue weighted by molar-refractivity contribution is 0.0559. The van der Waals surface area contributed by atoms with E-state index in [1.807, 2.05) is 11.9 Å². The lowest BCUT2D eigenvalue weighted by atomic mass is 10.0. The Bertz CT molecular complexity index is 482. The number of benzene rings is 1. The zero-order chi connectivity index (χ0) is 14.0. The van der Waals surface area contributed by atoms with Crippen LogP contribution in [0, 0.1) is 0 Å². The predicted molar refractivity (Wildman–Crippen MR) is 76.1 cm³/mol. The number of nitrogens with zero attached hydrogens (tertiary/aromatic N) is 1. The summed E-state index contributed by atoms with van der Waals surface area (Å²) in [5.41, 5.74) is 12.2. The van der Waals surface area contributed by atoms with Crippen molar-refractivity contribution in [2.75, 3.05) is 24.2 Å². The van der Waals surface area contributed by atoms with Crippen LogP contribution in [0.3, 0.4) is 0 Å². The summed E-state index contributed by atoms with van der Waals surface area (Å²) in [5, 5.41) is 10.4. The van der Waals surface area contributed by atoms with Crippen LogP contribution in [0.5, 0.6) is 0 Å². The van der Waals surface area contributed by atoms with Crippen molar-refractivity contribution < 1.29 is 9.90 Å². The van der Waals surface area contributed by atoms with Crippen LogP contribution in [0.1, 0.15) is 36.0 Å². The van der Waals surface area contributed by atoms with Gasteiger partial charge in [-0.1, -0.05) is 12.8 Å². The molecule has 5 N–H and O–H groups in total. The van der Waals surface area contributed by atoms with Crippen LogP contribution >= 0.6 is 0 Å². The summed E-state index contributed by atoms with van der Waals surface area (Å²) in [6.07, 6.45) is 3.80. The lowest BCUT2D eigenvalue weighted by Crippen LogP contribution is -2.39. The fraction of sp³-hybridized carbons (Fsp3) is 0.500. The van der Waals surface area contributed by atoms with Gasteiger partial charge in [-0.2, -0.15) is 0 Å². The minimum Gasteiger partial charge on any atom is -0.397 e. The van der Waals surface area contributed by atoms with Crippen molar-refractivity contribution in [2.45, 2.75) is 31.3 Å². The van der Waals surface area contributed by atoms with Crippen LogP contribution in [0.2, 0.25) is 0 Å². The molecule has 0 saturated heterocycles. The van der Waals surface area contributed by atoms with Crippen LogP contribution in [0.4, 0.5) is 11.4 Å². The maximum absolute atomic E-state index is 11.1. The van der Waals surface area contributed by atoms with Gasteiger partial charge in [0.2, 0.25) is 5.91 Å². The molecule has 104 valence electrons. The van der Waals surface area contributed by atoms with E-state index < -0.39 is 11.5 Å². The van der Waals surface area contributed by atoms with E-state index >= 15 is 0 Å². The van der Waals surface area contributed by atoms with Crippen molar-refractivity contribution in [2.24, 2.45) is 5.73 Å². The molecule has 1 fully saturated rings. The number of hydrogen-bond acceptors (Lipinski definition) is 4. The van der Waals surface area contributed by atoms with Crippen LogP contribution in [0.25, 0.3) is 0 Å². The third kappa shape index (κ3) is 2.98. The Morgan fingerprint density at radius 1 is 1.42 bits per heavy atom. The molecule has 1 aliphatic rings. The molecule has 19 heavy (non-hydrogen) atoms. The number of amides is 1. The molecule has 0 radical (unpaired) electrons. The van der Waals surface area contributed by atoms with E-state index in [9.17, 15) is 9.90 Å². The molecular formula is C14H21N3O2. The van der Waals surface area contributed by atoms with Crippen molar-refractivity contribution in [3.63, 3.8) is 0 Å². The number of nitrogen functional groups attached to an aromatic ring is 1. The quantitative estimate of drug-likeness (QED) is 0.709. The highest BCUT2D eigenvalue weighted by Gasteiger charge is 2.32. The van der Waals surface area contributed by atoms with E-state index in [2.05, 4.69) is 0 Å². The molecule has 0 bridgehead atoms. The standard InChI is InChI=1S/C14H21N3O2/c1-17(9-14(19)6-2-3-7-14)12-5-4-10(13(16)18)8-11(12)15/h4-5,8,19H,2-3,6-7,9,15H2,1H3,(H2,16,18). The maximum atomic E-state index is 11.1. The fourth-order valence-electron chi connectivity index (χ4n) is 2.77. The number of carbonyl (C=O) groups is 1. The smallest absolute Gasteiger partial charge is 0.248 e. The molecule has 0 spiro atoms. The Balaban J connectivity index is 2.15. The van der Waals surface area contributed by atoms with Crippen molar-refractivity contribution >= 4 is 17.3 Å². The minimum absolute atomic E-state index is 0.397. The summed E-state index contributed by atoms with van der Waals surface area (Å²) in [6, 6.07) is 5.00. The number of anilines is 2. The first-order chi connectivity index (χ1) is 8.91. The van der Waals surface area contributed by atoms with Crippen LogP contribution in [-0.4, -0.2) is 30.2 Å². The topological polar surface area (TPSA) is 92.6 Å². The number of aliphatic hydroxyl groups is 1. The third-order valence-electron chi connectivity index (χ3n) is 3.79. The monoisotopic (exact) mass is 263 g/mol. The Morgan fingerprint density at radius 2 is 2.05 bits per heavy atom. The average molecular weight is 263 g/mol. The van der Waals surface area contributed by atoms with Gasteiger partial charge in [0, 0.05) is 19.2 Å². The molecule has 2 rings (SSSR count). The van der Waals surface area contributed by atoms with E-state index in [1.54, 1.807) is 18.2 Å². The maximum Gasteiger partial charge on any atom is 0.248 e. The van der Waals surface area contributed by atoms with E-state index in [0.717, 1.165) is 31.4 Å². The normalized spacial score (nSPS) is 17.4. The molecular weight excluding hydrogens is 242 g/mol. The van der Waals surface area contributed by atoms with Crippen LogP contribution in [-0.2, 0) is 0 Å². The van der Waals surface area contributed by atoms with Crippen molar-refractivity contribution in [3.05, 3.63) is 23.8 Å². The van der Waals surface area contributed by atoms with E-state index in [1.165, 1.54) is 0 Å². The second-order valence-electron chi connectivity index (χ2n) is 5.43. The van der Waals surface area contributed by atoms with Gasteiger partial charge >= 0.3 is 0 Å². The second kappa shape index (κ2) is 5.09. The van der Waals surface area contributed by atoms with Gasteiger partial charge < -0.3 is 21.5 Å². The van der Waals surface area contributed by atoms with Gasteiger partial charge in [-0.3, -0.25) is 4.79 Å². The molecule has 0 aliphatic heterocycles. The second-order valence-corrected chi connectivity index (χ2v) is 5.43. The molecule has 0 aromatic heterocycles. The third-order valence-corrected chi connectivity index (χ3v) is 3.79. The Morgan fingerprint density at radius 3 is 2.58 bits per heavy atom. The molecule has 1 aliphatic carbocycles. The highest BCUT2D eigenvalue weighted by atomic mass is 16.3. The van der Waals surface area contributed by atoms with Gasteiger partial charge in [-0.05, 0) is 31.0 Å². The molecule has 0 atom stereocenters. The molecule has 5 nitrogen and oxygen atoms in total. The zero-order valence-corrected chi connectivity index (χ0v) is 11.2. The SMILES string of the molecule is CN(CC1(O)CCCC1)c1ccc(C(N)=O)cc1N. The molecule has 1 amide bonds. The van der Waals surface area contributed by atoms with Crippen LogP contribution in [0.15, 0.2) is 18.2 Å². The zero-order valence-electron chi connectivity index (χ0n) is 11.2. The molecule has 5 heteroatoms. The predicted octanol–water partition coefficient (Wildman–Crippen LogP) is 1.11. The summed E-state index contributed by atoms with van der Waals surface area (Å²) in [7, 11) is 1.89. The van der Waals surface area contributed by atoms with Gasteiger partial charge in [0.15, 0.2) is 0 Å². The summed E-state index contributed by atoms with van der Waals surface area (Å²) in [6.45, 7) is 0.549. The van der Waals surface area contributed by atoms with Gasteiger partial charge in [-0.25, -0.2) is 0 Å². The molecule has 1 aromatic rings. The highest BCUT2D eigenvalue weighted by molar-refractivity contribution is 5.94. The first-order valence-corrected chi connectivity index (χ1v) is 6.54. The number of primary amides is 1. The molecule has 1 saturated carbocycles. The van der Waals surface area contributed by atoms with Gasteiger partial charge in [0.25, 0.3) is 0 Å². The minimum atomic E-state index is -0.621. The number of rotatable bonds is 4. The van der Waals surface area contributed by atoms with Crippen LogP contribution < -0.4 is 16.4 Å². The first-order valence-electron chi connectivity index (χ1n) is 6.54. The van der Waals surface area contributed by atoms with Gasteiger partial charge in [0.1, 0.15) is 0 Å². The lowest BCUT2D eigenvalue weighted by Gasteiger charge is -2.30. The summed E-state index contributed by atoms with van der Waals surface area (Å²) in [5.74, 6) is -0.490. The summed E-state index contributed by atoms with van der Waals surface area (Å²) >= 11 is 0. The van der Waals surface area contributed by atoms with Gasteiger partial charge in [-0.15, -0.1) is 0 Å². The molecule has 1 aromatic carbocycles.